The van der Waals surface area contributed by atoms with E-state index in [1.807, 2.05) is 6.07 Å². The molecular weight excluding hydrogens is 281 g/mol. The van der Waals surface area contributed by atoms with Crippen molar-refractivity contribution in [3.05, 3.63) is 29.3 Å². The molecule has 6 heteroatoms. The number of benzene rings is 1. The fourth-order valence-electron chi connectivity index (χ4n) is 2.76. The van der Waals surface area contributed by atoms with E-state index in [1.165, 1.54) is 6.07 Å². The first-order valence-corrected chi connectivity index (χ1v) is 7.16. The molecule has 1 aromatic rings. The maximum atomic E-state index is 12.7. The number of rotatable bonds is 3. The van der Waals surface area contributed by atoms with Crippen LogP contribution < -0.4 is 4.90 Å². The molecule has 0 radical (unpaired) electrons. The van der Waals surface area contributed by atoms with Crippen molar-refractivity contribution in [2.24, 2.45) is 0 Å². The molecule has 0 bridgehead atoms. The van der Waals surface area contributed by atoms with Gasteiger partial charge < -0.3 is 14.9 Å². The Bertz CT molecular complexity index is 482. The Morgan fingerprint density at radius 3 is 2.33 bits per heavy atom. The van der Waals surface area contributed by atoms with Crippen molar-refractivity contribution in [3.63, 3.8) is 0 Å². The van der Waals surface area contributed by atoms with Gasteiger partial charge in [0, 0.05) is 31.9 Å². The molecule has 1 atom stereocenters. The maximum absolute atomic E-state index is 12.7. The summed E-state index contributed by atoms with van der Waals surface area (Å²) in [5.74, 6) is 0. The standard InChI is InChI=1S/C15H21F3N2O/c1-3-19-7-9-20(10-8-19)13-6-4-5-12(11(13)2)14(21)15(16,17)18/h4-6,14,21H,3,7-10H2,1-2H3. The van der Waals surface area contributed by atoms with Crippen LogP contribution in [0.2, 0.25) is 0 Å². The van der Waals surface area contributed by atoms with Gasteiger partial charge in [0.2, 0.25) is 0 Å². The highest BCUT2D eigenvalue weighted by atomic mass is 19.4. The van der Waals surface area contributed by atoms with E-state index in [-0.39, 0.29) is 5.56 Å². The van der Waals surface area contributed by atoms with E-state index in [9.17, 15) is 18.3 Å². The number of halogens is 3. The molecule has 1 unspecified atom stereocenters. The number of hydrogen-bond acceptors (Lipinski definition) is 3. The predicted octanol–water partition coefficient (Wildman–Crippen LogP) is 2.73. The summed E-state index contributed by atoms with van der Waals surface area (Å²) >= 11 is 0. The van der Waals surface area contributed by atoms with E-state index < -0.39 is 12.3 Å². The Kier molecular flexibility index (Phi) is 4.78. The van der Waals surface area contributed by atoms with E-state index in [4.69, 9.17) is 0 Å². The van der Waals surface area contributed by atoms with Crippen molar-refractivity contribution in [2.75, 3.05) is 37.6 Å². The third-order valence-corrected chi connectivity index (χ3v) is 4.11. The van der Waals surface area contributed by atoms with Crippen LogP contribution in [0.15, 0.2) is 18.2 Å². The maximum Gasteiger partial charge on any atom is 0.418 e. The molecule has 2 rings (SSSR count). The van der Waals surface area contributed by atoms with E-state index in [0.717, 1.165) is 38.4 Å². The van der Waals surface area contributed by atoms with Crippen LogP contribution in [-0.2, 0) is 0 Å². The van der Waals surface area contributed by atoms with Crippen molar-refractivity contribution in [2.45, 2.75) is 26.1 Å². The molecule has 0 aromatic heterocycles. The van der Waals surface area contributed by atoms with Crippen LogP contribution in [0, 0.1) is 6.92 Å². The lowest BCUT2D eigenvalue weighted by Crippen LogP contribution is -2.46. The topological polar surface area (TPSA) is 26.7 Å². The summed E-state index contributed by atoms with van der Waals surface area (Å²) in [5.41, 5.74) is 1.23. The largest absolute Gasteiger partial charge is 0.418 e. The SMILES string of the molecule is CCN1CCN(c2cccc(C(O)C(F)(F)F)c2C)CC1. The number of nitrogens with zero attached hydrogens (tertiary/aromatic N) is 2. The summed E-state index contributed by atoms with van der Waals surface area (Å²) in [7, 11) is 0. The van der Waals surface area contributed by atoms with Crippen LogP contribution in [0.5, 0.6) is 0 Å². The summed E-state index contributed by atoms with van der Waals surface area (Å²) in [6, 6.07) is 4.75. The van der Waals surface area contributed by atoms with Gasteiger partial charge in [-0.15, -0.1) is 0 Å². The fraction of sp³-hybridized carbons (Fsp3) is 0.600. The average molecular weight is 302 g/mol. The highest BCUT2D eigenvalue weighted by Gasteiger charge is 2.40. The van der Waals surface area contributed by atoms with Gasteiger partial charge in [-0.2, -0.15) is 13.2 Å². The average Bonchev–Trinajstić information content (AvgIpc) is 2.46. The van der Waals surface area contributed by atoms with Gasteiger partial charge in [-0.05, 0) is 30.7 Å². The lowest BCUT2D eigenvalue weighted by molar-refractivity contribution is -0.206. The zero-order chi connectivity index (χ0) is 15.6. The first kappa shape index (κ1) is 16.1. The van der Waals surface area contributed by atoms with Gasteiger partial charge in [-0.3, -0.25) is 0 Å². The summed E-state index contributed by atoms with van der Waals surface area (Å²) < 4.78 is 38.1. The molecule has 118 valence electrons. The van der Waals surface area contributed by atoms with Crippen LogP contribution >= 0.6 is 0 Å². The van der Waals surface area contributed by atoms with E-state index >= 15 is 0 Å². The van der Waals surface area contributed by atoms with Gasteiger partial charge in [-0.1, -0.05) is 19.1 Å². The number of alkyl halides is 3. The van der Waals surface area contributed by atoms with Gasteiger partial charge in [0.05, 0.1) is 0 Å². The lowest BCUT2D eigenvalue weighted by Gasteiger charge is -2.36. The molecular formula is C15H21F3N2O. The van der Waals surface area contributed by atoms with Gasteiger partial charge >= 0.3 is 6.18 Å². The monoisotopic (exact) mass is 302 g/mol. The highest BCUT2D eigenvalue weighted by Crippen LogP contribution is 2.36. The minimum absolute atomic E-state index is 0.0575. The van der Waals surface area contributed by atoms with Crippen molar-refractivity contribution in [1.29, 1.82) is 0 Å². The Hall–Kier alpha value is -1.27. The molecule has 1 aliphatic rings. The van der Waals surface area contributed by atoms with Gasteiger partial charge in [-0.25, -0.2) is 0 Å². The Balaban J connectivity index is 2.23. The van der Waals surface area contributed by atoms with Crippen LogP contribution in [0.1, 0.15) is 24.2 Å². The van der Waals surface area contributed by atoms with E-state index in [2.05, 4.69) is 16.7 Å². The second kappa shape index (κ2) is 6.23. The first-order chi connectivity index (χ1) is 9.84. The van der Waals surface area contributed by atoms with Gasteiger partial charge in [0.1, 0.15) is 0 Å². The molecule has 1 aromatic carbocycles. The van der Waals surface area contributed by atoms with E-state index in [0.29, 0.717) is 5.56 Å². The fourth-order valence-corrected chi connectivity index (χ4v) is 2.76. The zero-order valence-corrected chi connectivity index (χ0v) is 12.3. The molecule has 21 heavy (non-hydrogen) atoms. The number of hydrogen-bond donors (Lipinski definition) is 1. The second-order valence-corrected chi connectivity index (χ2v) is 5.36. The lowest BCUT2D eigenvalue weighted by atomic mass is 10.0. The normalized spacial score (nSPS) is 18.9. The van der Waals surface area contributed by atoms with E-state index in [1.54, 1.807) is 13.0 Å². The quantitative estimate of drug-likeness (QED) is 0.930. The zero-order valence-electron chi connectivity index (χ0n) is 12.3. The van der Waals surface area contributed by atoms with Gasteiger partial charge in [0.15, 0.2) is 6.10 Å². The molecule has 1 fully saturated rings. The number of aliphatic hydroxyl groups excluding tert-OH is 1. The van der Waals surface area contributed by atoms with Crippen LogP contribution in [0.25, 0.3) is 0 Å². The summed E-state index contributed by atoms with van der Waals surface area (Å²) in [5, 5.41) is 9.49. The molecule has 0 aliphatic carbocycles. The van der Waals surface area contributed by atoms with Gasteiger partial charge in [0.25, 0.3) is 0 Å². The number of anilines is 1. The Morgan fingerprint density at radius 1 is 1.19 bits per heavy atom. The van der Waals surface area contributed by atoms with Crippen molar-refractivity contribution < 1.29 is 18.3 Å². The van der Waals surface area contributed by atoms with Crippen molar-refractivity contribution >= 4 is 5.69 Å². The van der Waals surface area contributed by atoms with Crippen molar-refractivity contribution in [3.8, 4) is 0 Å². The third-order valence-electron chi connectivity index (χ3n) is 4.11. The molecule has 0 amide bonds. The Labute approximate surface area is 123 Å². The molecule has 1 heterocycles. The summed E-state index contributed by atoms with van der Waals surface area (Å²) in [4.78, 5) is 4.40. The van der Waals surface area contributed by atoms with Crippen LogP contribution in [-0.4, -0.2) is 48.9 Å². The third kappa shape index (κ3) is 3.49. The van der Waals surface area contributed by atoms with Crippen LogP contribution in [0.4, 0.5) is 18.9 Å². The summed E-state index contributed by atoms with van der Waals surface area (Å²) in [6.45, 7) is 8.12. The molecule has 1 N–H and O–H groups in total. The Morgan fingerprint density at radius 2 is 1.81 bits per heavy atom. The molecule has 1 saturated heterocycles. The molecule has 0 saturated carbocycles. The smallest absolute Gasteiger partial charge is 0.379 e. The predicted molar refractivity (Wildman–Crippen MR) is 76.5 cm³/mol. The molecule has 3 nitrogen and oxygen atoms in total. The molecule has 1 aliphatic heterocycles. The number of piperazine rings is 1. The molecule has 0 spiro atoms. The number of likely N-dealkylation sites (N-methyl/N-ethyl adjacent to an activating group) is 1. The minimum Gasteiger partial charge on any atom is -0.379 e. The summed E-state index contributed by atoms with van der Waals surface area (Å²) in [6.07, 6.45) is -7.06. The van der Waals surface area contributed by atoms with Crippen LogP contribution in [0.3, 0.4) is 0 Å². The second-order valence-electron chi connectivity index (χ2n) is 5.36. The highest BCUT2D eigenvalue weighted by molar-refractivity contribution is 5.57. The first-order valence-electron chi connectivity index (χ1n) is 7.16. The van der Waals surface area contributed by atoms with Crippen molar-refractivity contribution in [1.82, 2.24) is 4.90 Å². The number of aliphatic hydroxyl groups is 1. The minimum atomic E-state index is -4.63.